The van der Waals surface area contributed by atoms with Crippen LogP contribution in [0.4, 0.5) is 5.69 Å². The highest BCUT2D eigenvalue weighted by Gasteiger charge is 2.17. The molecule has 0 bridgehead atoms. The van der Waals surface area contributed by atoms with Crippen LogP contribution in [0.1, 0.15) is 40.2 Å². The van der Waals surface area contributed by atoms with Crippen molar-refractivity contribution in [1.82, 2.24) is 15.2 Å². The summed E-state index contributed by atoms with van der Waals surface area (Å²) in [5, 5.41) is 24.8. The van der Waals surface area contributed by atoms with Crippen LogP contribution in [0, 0.1) is 0 Å². The van der Waals surface area contributed by atoms with Crippen LogP contribution in [0.2, 0.25) is 0 Å². The Labute approximate surface area is 228 Å². The van der Waals surface area contributed by atoms with Crippen LogP contribution in [0.5, 0.6) is 5.75 Å². The second-order valence-corrected chi connectivity index (χ2v) is 11.7. The number of aromatic amines is 1. The Morgan fingerprint density at radius 1 is 1.03 bits per heavy atom. The van der Waals surface area contributed by atoms with Crippen LogP contribution in [-0.4, -0.2) is 60.3 Å². The van der Waals surface area contributed by atoms with Gasteiger partial charge in [-0.15, -0.1) is 0 Å². The van der Waals surface area contributed by atoms with Crippen LogP contribution >= 0.6 is 0 Å². The third-order valence-electron chi connectivity index (χ3n) is 6.43. The average molecular weight is 551 g/mol. The van der Waals surface area contributed by atoms with Crippen molar-refractivity contribution >= 4 is 32.5 Å². The molecule has 206 valence electrons. The number of fused-ring (bicyclic) bond motifs is 1. The largest absolute Gasteiger partial charge is 0.506 e. The monoisotopic (exact) mass is 550 g/mol. The predicted molar refractivity (Wildman–Crippen MR) is 153 cm³/mol. The molecular weight excluding hydrogens is 516 g/mol. The number of aliphatic hydroxyl groups is 1. The number of nitrogens with zero attached hydrogens (tertiary/aromatic N) is 1. The number of carbonyl (C=O) groups excluding carboxylic acids is 1. The molecular formula is C29H34N4O5S. The van der Waals surface area contributed by atoms with Crippen molar-refractivity contribution in [2.24, 2.45) is 0 Å². The molecule has 3 aromatic carbocycles. The number of rotatable bonds is 11. The molecule has 39 heavy (non-hydrogen) atoms. The van der Waals surface area contributed by atoms with E-state index in [-0.39, 0.29) is 29.9 Å². The van der Waals surface area contributed by atoms with Crippen molar-refractivity contribution in [2.75, 3.05) is 24.6 Å². The lowest BCUT2D eigenvalue weighted by atomic mass is 10.0. The first-order valence-electron chi connectivity index (χ1n) is 12.6. The van der Waals surface area contributed by atoms with Crippen molar-refractivity contribution in [3.8, 4) is 5.75 Å². The Morgan fingerprint density at radius 2 is 1.77 bits per heavy atom. The SMILES string of the molecule is C[C@H](Cc1ccc2[nH]c(C(=O)N(C)Cc3ccccc3)cc2c1)NC[C@H](O)c1ccc(O)c(NS(C)(=O)=O)c1. The van der Waals surface area contributed by atoms with Gasteiger partial charge in [-0.25, -0.2) is 8.42 Å². The van der Waals surface area contributed by atoms with Crippen LogP contribution < -0.4 is 10.0 Å². The Hall–Kier alpha value is -3.86. The normalized spacial score (nSPS) is 13.2. The first-order chi connectivity index (χ1) is 18.5. The van der Waals surface area contributed by atoms with Crippen LogP contribution in [0.25, 0.3) is 10.9 Å². The third-order valence-corrected chi connectivity index (χ3v) is 7.02. The van der Waals surface area contributed by atoms with Gasteiger partial charge in [0.05, 0.1) is 18.0 Å². The summed E-state index contributed by atoms with van der Waals surface area (Å²) in [6.07, 6.45) is 0.788. The van der Waals surface area contributed by atoms with E-state index >= 15 is 0 Å². The molecule has 0 aliphatic rings. The summed E-state index contributed by atoms with van der Waals surface area (Å²) in [6, 6.07) is 22.1. The smallest absolute Gasteiger partial charge is 0.270 e. The minimum Gasteiger partial charge on any atom is -0.506 e. The number of carbonyl (C=O) groups is 1. The van der Waals surface area contributed by atoms with Crippen molar-refractivity contribution in [3.63, 3.8) is 0 Å². The molecule has 9 nitrogen and oxygen atoms in total. The lowest BCUT2D eigenvalue weighted by molar-refractivity contribution is 0.0780. The molecule has 0 radical (unpaired) electrons. The number of sulfonamides is 1. The minimum absolute atomic E-state index is 0.0195. The molecule has 0 saturated heterocycles. The van der Waals surface area contributed by atoms with Crippen molar-refractivity contribution < 1.29 is 23.4 Å². The van der Waals surface area contributed by atoms with Gasteiger partial charge in [0.2, 0.25) is 10.0 Å². The lowest BCUT2D eigenvalue weighted by Crippen LogP contribution is -2.32. The highest BCUT2D eigenvalue weighted by Crippen LogP contribution is 2.28. The van der Waals surface area contributed by atoms with E-state index in [0.29, 0.717) is 24.2 Å². The molecule has 1 amide bonds. The molecule has 4 aromatic rings. The second kappa shape index (κ2) is 11.9. The van der Waals surface area contributed by atoms with Crippen molar-refractivity contribution in [3.05, 3.63) is 95.2 Å². The summed E-state index contributed by atoms with van der Waals surface area (Å²) in [6.45, 7) is 2.77. The molecule has 1 heterocycles. The number of benzene rings is 3. The summed E-state index contributed by atoms with van der Waals surface area (Å²) in [7, 11) is -1.78. The fourth-order valence-electron chi connectivity index (χ4n) is 4.46. The number of phenols is 1. The number of hydrogen-bond acceptors (Lipinski definition) is 6. The zero-order chi connectivity index (χ0) is 28.2. The molecule has 0 aliphatic carbocycles. The molecule has 10 heteroatoms. The molecule has 5 N–H and O–H groups in total. The maximum absolute atomic E-state index is 13.0. The number of aromatic nitrogens is 1. The number of anilines is 1. The summed E-state index contributed by atoms with van der Waals surface area (Å²) >= 11 is 0. The van der Waals surface area contributed by atoms with Crippen molar-refractivity contribution in [1.29, 1.82) is 0 Å². The highest BCUT2D eigenvalue weighted by atomic mass is 32.2. The summed E-state index contributed by atoms with van der Waals surface area (Å²) in [5.74, 6) is -0.296. The lowest BCUT2D eigenvalue weighted by Gasteiger charge is -2.18. The van der Waals surface area contributed by atoms with Gasteiger partial charge in [-0.2, -0.15) is 0 Å². The van der Waals surface area contributed by atoms with E-state index in [4.69, 9.17) is 0 Å². The molecule has 0 aliphatic heterocycles. The Kier molecular flexibility index (Phi) is 8.59. The first-order valence-corrected chi connectivity index (χ1v) is 14.5. The van der Waals surface area contributed by atoms with E-state index in [1.807, 2.05) is 55.5 Å². The molecule has 0 spiro atoms. The number of aromatic hydroxyl groups is 1. The standard InChI is InChI=1S/C29H34N4O5S/c1-19(30-17-28(35)22-10-12-27(34)25(15-22)32-39(3,37)38)13-21-9-11-24-23(14-21)16-26(31-24)29(36)33(2)18-20-7-5-4-6-8-20/h4-12,14-16,19,28,30-32,34-35H,13,17-18H2,1-3H3/t19-,28+/m1/s1. The fraction of sp³-hybridized carbons (Fsp3) is 0.276. The summed E-state index contributed by atoms with van der Waals surface area (Å²) in [4.78, 5) is 17.9. The van der Waals surface area contributed by atoms with Crippen molar-refractivity contribution in [2.45, 2.75) is 32.0 Å². The van der Waals surface area contributed by atoms with Gasteiger partial charge in [0.1, 0.15) is 11.4 Å². The molecule has 0 unspecified atom stereocenters. The number of H-pyrrole nitrogens is 1. The number of nitrogens with one attached hydrogen (secondary N) is 3. The van der Waals surface area contributed by atoms with E-state index in [1.165, 1.54) is 12.1 Å². The van der Waals surface area contributed by atoms with E-state index in [1.54, 1.807) is 18.0 Å². The predicted octanol–water partition coefficient (Wildman–Crippen LogP) is 3.77. The van der Waals surface area contributed by atoms with Gasteiger partial charge in [-0.05, 0) is 60.4 Å². The molecule has 0 saturated carbocycles. The second-order valence-electron chi connectivity index (χ2n) is 9.93. The van der Waals surface area contributed by atoms with Gasteiger partial charge in [-0.1, -0.05) is 42.5 Å². The quantitative estimate of drug-likeness (QED) is 0.181. The highest BCUT2D eigenvalue weighted by molar-refractivity contribution is 7.92. The Bertz CT molecular complexity index is 1550. The number of phenolic OH excluding ortho intramolecular Hbond substituents is 1. The Morgan fingerprint density at radius 3 is 2.49 bits per heavy atom. The van der Waals surface area contributed by atoms with Gasteiger partial charge in [0, 0.05) is 37.1 Å². The van der Waals surface area contributed by atoms with Gasteiger partial charge in [-0.3, -0.25) is 9.52 Å². The number of hydrogen-bond donors (Lipinski definition) is 5. The number of amides is 1. The summed E-state index contributed by atoms with van der Waals surface area (Å²) in [5.41, 5.74) is 4.06. The van der Waals surface area contributed by atoms with Gasteiger partial charge in [0.15, 0.2) is 0 Å². The zero-order valence-electron chi connectivity index (χ0n) is 22.2. The molecule has 1 aromatic heterocycles. The molecule has 0 fully saturated rings. The summed E-state index contributed by atoms with van der Waals surface area (Å²) < 4.78 is 25.3. The van der Waals surface area contributed by atoms with E-state index < -0.39 is 16.1 Å². The van der Waals surface area contributed by atoms with Crippen LogP contribution in [-0.2, 0) is 23.0 Å². The fourth-order valence-corrected chi connectivity index (χ4v) is 5.02. The maximum Gasteiger partial charge on any atom is 0.270 e. The van der Waals surface area contributed by atoms with Gasteiger partial charge >= 0.3 is 0 Å². The topological polar surface area (TPSA) is 135 Å². The van der Waals surface area contributed by atoms with Gasteiger partial charge in [0.25, 0.3) is 5.91 Å². The zero-order valence-corrected chi connectivity index (χ0v) is 23.0. The first kappa shape index (κ1) is 28.2. The number of aliphatic hydroxyl groups excluding tert-OH is 1. The van der Waals surface area contributed by atoms with Gasteiger partial charge < -0.3 is 25.4 Å². The van der Waals surface area contributed by atoms with E-state index in [0.717, 1.165) is 28.3 Å². The van der Waals surface area contributed by atoms with Crippen LogP contribution in [0.3, 0.4) is 0 Å². The molecule has 2 atom stereocenters. The minimum atomic E-state index is -3.57. The average Bonchev–Trinajstić information content (AvgIpc) is 3.31. The van der Waals surface area contributed by atoms with E-state index in [2.05, 4.69) is 21.1 Å². The Balaban J connectivity index is 1.35. The van der Waals surface area contributed by atoms with Crippen LogP contribution in [0.15, 0.2) is 72.8 Å². The maximum atomic E-state index is 13.0. The molecule has 4 rings (SSSR count). The van der Waals surface area contributed by atoms with E-state index in [9.17, 15) is 23.4 Å². The third kappa shape index (κ3) is 7.60.